The number of hydrogen-bond donors (Lipinski definition) is 1. The van der Waals surface area contributed by atoms with Crippen molar-refractivity contribution in [1.82, 2.24) is 10.3 Å². The topological polar surface area (TPSA) is 71.5 Å². The summed E-state index contributed by atoms with van der Waals surface area (Å²) in [6, 6.07) is 7.97. The summed E-state index contributed by atoms with van der Waals surface area (Å²) in [5.74, 6) is -10.0. The van der Waals surface area contributed by atoms with Crippen molar-refractivity contribution in [2.45, 2.75) is 50.9 Å². The number of fused-ring (bicyclic) bond motifs is 1. The zero-order valence-corrected chi connectivity index (χ0v) is 18.7. The van der Waals surface area contributed by atoms with Gasteiger partial charge in [-0.1, -0.05) is 36.4 Å². The van der Waals surface area contributed by atoms with Crippen molar-refractivity contribution in [3.8, 4) is 0 Å². The lowest BCUT2D eigenvalue weighted by Crippen LogP contribution is -2.56. The summed E-state index contributed by atoms with van der Waals surface area (Å²) < 4.78 is 76.0. The van der Waals surface area contributed by atoms with Gasteiger partial charge in [-0.15, -0.1) is 0 Å². The highest BCUT2D eigenvalue weighted by Crippen LogP contribution is 2.47. The third-order valence-electron chi connectivity index (χ3n) is 5.19. The molecule has 0 unspecified atom stereocenters. The molecule has 1 aromatic carbocycles. The molecule has 34 heavy (non-hydrogen) atoms. The number of carbonyl (C=O) groups excluding carboxylic acids is 2. The van der Waals surface area contributed by atoms with Gasteiger partial charge in [0.1, 0.15) is 17.3 Å². The normalized spacial score (nSPS) is 15.9. The number of amides is 2. The Balaban J connectivity index is 2.11. The van der Waals surface area contributed by atoms with Gasteiger partial charge in [0.05, 0.1) is 6.04 Å². The first-order valence-corrected chi connectivity index (χ1v) is 10.5. The maximum atomic E-state index is 15.0. The monoisotopic (exact) mass is 485 g/mol. The minimum atomic E-state index is -6.07. The first-order chi connectivity index (χ1) is 15.7. The van der Waals surface area contributed by atoms with E-state index in [4.69, 9.17) is 4.74 Å². The lowest BCUT2D eigenvalue weighted by molar-refractivity contribution is -0.301. The quantitative estimate of drug-likeness (QED) is 0.602. The van der Waals surface area contributed by atoms with E-state index in [2.05, 4.69) is 10.3 Å². The van der Waals surface area contributed by atoms with Gasteiger partial charge in [0.15, 0.2) is 0 Å². The van der Waals surface area contributed by atoms with Crippen LogP contribution in [0.5, 0.6) is 0 Å². The Kier molecular flexibility index (Phi) is 6.86. The Labute approximate surface area is 193 Å². The Morgan fingerprint density at radius 3 is 2.26 bits per heavy atom. The molecule has 2 heterocycles. The molecule has 1 aliphatic rings. The van der Waals surface area contributed by atoms with E-state index in [1.54, 1.807) is 12.1 Å². The number of ether oxygens (including phenoxy) is 1. The highest BCUT2D eigenvalue weighted by molar-refractivity contribution is 5.97. The Morgan fingerprint density at radius 2 is 1.68 bits per heavy atom. The molecule has 2 aromatic rings. The third-order valence-corrected chi connectivity index (χ3v) is 5.19. The number of pyridine rings is 1. The van der Waals surface area contributed by atoms with Crippen molar-refractivity contribution in [2.75, 3.05) is 11.4 Å². The third kappa shape index (κ3) is 5.28. The van der Waals surface area contributed by atoms with E-state index in [0.717, 1.165) is 4.90 Å². The van der Waals surface area contributed by atoms with Crippen molar-refractivity contribution in [2.24, 2.45) is 5.92 Å². The molecule has 3 rings (SSSR count). The molecule has 0 radical (unpaired) electrons. The summed E-state index contributed by atoms with van der Waals surface area (Å²) in [4.78, 5) is 30.7. The van der Waals surface area contributed by atoms with Gasteiger partial charge in [-0.05, 0) is 44.4 Å². The molecule has 0 fully saturated rings. The van der Waals surface area contributed by atoms with Crippen molar-refractivity contribution in [3.63, 3.8) is 0 Å². The molecule has 6 nitrogen and oxygen atoms in total. The molecule has 2 amide bonds. The van der Waals surface area contributed by atoms with Crippen LogP contribution in [0, 0.1) is 5.92 Å². The summed E-state index contributed by atoms with van der Waals surface area (Å²) in [5.41, 5.74) is -0.632. The molecule has 2 atom stereocenters. The van der Waals surface area contributed by atoms with Crippen LogP contribution < -0.4 is 10.2 Å². The second-order valence-corrected chi connectivity index (χ2v) is 8.86. The van der Waals surface area contributed by atoms with Gasteiger partial charge < -0.3 is 10.1 Å². The zero-order chi connectivity index (χ0) is 25.3. The SMILES string of the molecule is CC(C)(C)OC(=O)N[C@H](c1ccccc1)[C@@H](C(=O)N1CCc2cccnc21)C(F)(F)C(F)(F)F. The highest BCUT2D eigenvalue weighted by Gasteiger charge is 2.67. The zero-order valence-electron chi connectivity index (χ0n) is 18.7. The van der Waals surface area contributed by atoms with Crippen LogP contribution in [0.1, 0.15) is 37.9 Å². The second kappa shape index (κ2) is 9.19. The Morgan fingerprint density at radius 1 is 1.03 bits per heavy atom. The fourth-order valence-electron chi connectivity index (χ4n) is 3.73. The lowest BCUT2D eigenvalue weighted by Gasteiger charge is -2.36. The Bertz CT molecular complexity index is 1040. The number of halogens is 5. The summed E-state index contributed by atoms with van der Waals surface area (Å²) >= 11 is 0. The maximum Gasteiger partial charge on any atom is 0.454 e. The van der Waals surface area contributed by atoms with E-state index in [1.807, 2.05) is 0 Å². The fraction of sp³-hybridized carbons (Fsp3) is 0.435. The van der Waals surface area contributed by atoms with Crippen molar-refractivity contribution in [1.29, 1.82) is 0 Å². The molecule has 0 aliphatic carbocycles. The van der Waals surface area contributed by atoms with Crippen LogP contribution in [0.4, 0.5) is 32.6 Å². The average Bonchev–Trinajstić information content (AvgIpc) is 3.15. The number of alkyl halides is 5. The first kappa shape index (κ1) is 25.4. The lowest BCUT2D eigenvalue weighted by atomic mass is 9.86. The first-order valence-electron chi connectivity index (χ1n) is 10.5. The molecule has 184 valence electrons. The van der Waals surface area contributed by atoms with Crippen LogP contribution in [0.3, 0.4) is 0 Å². The minimum absolute atomic E-state index is 0.0135. The standard InChI is InChI=1S/C23H24F5N3O3/c1-21(2,3)34-20(33)30-17(14-8-5-4-6-9-14)16(22(24,25)23(26,27)28)19(32)31-13-11-15-10-7-12-29-18(15)31/h4-10,12,16-17H,11,13H2,1-3H3,(H,30,33)/t16-,17+/m0/s1. The van der Waals surface area contributed by atoms with Crippen LogP contribution in [0.15, 0.2) is 48.7 Å². The largest absolute Gasteiger partial charge is 0.454 e. The van der Waals surface area contributed by atoms with Gasteiger partial charge in [0.25, 0.3) is 0 Å². The van der Waals surface area contributed by atoms with Crippen LogP contribution in [-0.4, -0.2) is 41.2 Å². The predicted molar refractivity (Wildman–Crippen MR) is 113 cm³/mol. The molecular formula is C23H24F5N3O3. The van der Waals surface area contributed by atoms with E-state index in [0.29, 0.717) is 5.56 Å². The average molecular weight is 485 g/mol. The Hall–Kier alpha value is -3.24. The summed E-state index contributed by atoms with van der Waals surface area (Å²) in [7, 11) is 0. The molecule has 0 saturated heterocycles. The number of alkyl carbamates (subject to hydrolysis) is 1. The van der Waals surface area contributed by atoms with Gasteiger partial charge in [-0.3, -0.25) is 9.69 Å². The van der Waals surface area contributed by atoms with Gasteiger partial charge >= 0.3 is 18.2 Å². The number of rotatable bonds is 5. The summed E-state index contributed by atoms with van der Waals surface area (Å²) in [6.07, 6.45) is -5.75. The van der Waals surface area contributed by atoms with E-state index >= 15 is 8.78 Å². The maximum absolute atomic E-state index is 15.0. The van der Waals surface area contributed by atoms with Gasteiger partial charge in [0, 0.05) is 12.7 Å². The van der Waals surface area contributed by atoms with Gasteiger partial charge in [-0.2, -0.15) is 22.0 Å². The predicted octanol–water partition coefficient (Wildman–Crippen LogP) is 5.05. The van der Waals surface area contributed by atoms with Crippen LogP contribution >= 0.6 is 0 Å². The minimum Gasteiger partial charge on any atom is -0.444 e. The smallest absolute Gasteiger partial charge is 0.444 e. The van der Waals surface area contributed by atoms with Gasteiger partial charge in [-0.25, -0.2) is 9.78 Å². The molecule has 1 aliphatic heterocycles. The summed E-state index contributed by atoms with van der Waals surface area (Å²) in [5, 5.41) is 2.09. The molecule has 0 bridgehead atoms. The van der Waals surface area contributed by atoms with Crippen LogP contribution in [-0.2, 0) is 16.0 Å². The number of hydrogen-bond acceptors (Lipinski definition) is 4. The number of nitrogens with one attached hydrogen (secondary N) is 1. The molecule has 11 heteroatoms. The van der Waals surface area contributed by atoms with E-state index < -0.39 is 41.7 Å². The van der Waals surface area contributed by atoms with Gasteiger partial charge in [0.2, 0.25) is 5.91 Å². The molecule has 0 spiro atoms. The number of benzene rings is 1. The number of carbonyl (C=O) groups is 2. The van der Waals surface area contributed by atoms with Crippen LogP contribution in [0.25, 0.3) is 0 Å². The molecule has 0 saturated carbocycles. The van der Waals surface area contributed by atoms with Crippen molar-refractivity contribution in [3.05, 3.63) is 59.8 Å². The van der Waals surface area contributed by atoms with Crippen molar-refractivity contribution < 1.29 is 36.3 Å². The second-order valence-electron chi connectivity index (χ2n) is 8.86. The molecular weight excluding hydrogens is 461 g/mol. The van der Waals surface area contributed by atoms with E-state index in [1.165, 1.54) is 57.3 Å². The number of anilines is 1. The number of nitrogens with zero attached hydrogens (tertiary/aromatic N) is 2. The molecule has 1 aromatic heterocycles. The fourth-order valence-corrected chi connectivity index (χ4v) is 3.73. The molecule has 1 N–H and O–H groups in total. The summed E-state index contributed by atoms with van der Waals surface area (Å²) in [6.45, 7) is 4.39. The number of aromatic nitrogens is 1. The van der Waals surface area contributed by atoms with Crippen molar-refractivity contribution >= 4 is 17.8 Å². The van der Waals surface area contributed by atoms with E-state index in [-0.39, 0.29) is 24.3 Å². The highest BCUT2D eigenvalue weighted by atomic mass is 19.4. The van der Waals surface area contributed by atoms with Crippen LogP contribution in [0.2, 0.25) is 0 Å². The van der Waals surface area contributed by atoms with E-state index in [9.17, 15) is 22.8 Å².